The molecule has 33 heavy (non-hydrogen) atoms. The molecule has 2 aromatic carbocycles. The number of carbonyl (C=O) groups is 3. The molecule has 0 aliphatic heterocycles. The Kier molecular flexibility index (Phi) is 8.21. The van der Waals surface area contributed by atoms with Crippen LogP contribution in [-0.2, 0) is 4.79 Å². The minimum Gasteiger partial charge on any atom is -0.480 e. The summed E-state index contributed by atoms with van der Waals surface area (Å²) in [6.07, 6.45) is 5.26. The maximum Gasteiger partial charge on any atom is 0.326 e. The number of carbonyl (C=O) groups excluding carboxylic acids is 2. The number of hydrogen-bond donors (Lipinski definition) is 3. The summed E-state index contributed by atoms with van der Waals surface area (Å²) in [5, 5.41) is 15.0. The van der Waals surface area contributed by atoms with Gasteiger partial charge >= 0.3 is 5.97 Å². The number of benzene rings is 2. The van der Waals surface area contributed by atoms with Crippen molar-refractivity contribution in [3.05, 3.63) is 83.7 Å². The number of nitrogens with zero attached hydrogens (tertiary/aromatic N) is 1. The molecule has 0 saturated heterocycles. The van der Waals surface area contributed by atoms with Gasteiger partial charge in [0, 0.05) is 23.6 Å². The van der Waals surface area contributed by atoms with E-state index in [9.17, 15) is 19.5 Å². The monoisotopic (exact) mass is 463 g/mol. The number of aromatic nitrogens is 1. The molecule has 1 heterocycles. The Morgan fingerprint density at radius 1 is 1.03 bits per heavy atom. The summed E-state index contributed by atoms with van der Waals surface area (Å²) in [6.45, 7) is 1.93. The van der Waals surface area contributed by atoms with E-state index in [0.717, 1.165) is 11.1 Å². The fourth-order valence-electron chi connectivity index (χ4n) is 3.35. The first-order chi connectivity index (χ1) is 15.9. The van der Waals surface area contributed by atoms with Crippen LogP contribution in [0.5, 0.6) is 0 Å². The van der Waals surface area contributed by atoms with Crippen molar-refractivity contribution in [1.29, 1.82) is 0 Å². The van der Waals surface area contributed by atoms with Crippen LogP contribution in [0.15, 0.2) is 67.0 Å². The number of pyridine rings is 1. The Morgan fingerprint density at radius 2 is 1.82 bits per heavy atom. The minimum absolute atomic E-state index is 0.320. The van der Waals surface area contributed by atoms with E-state index in [1.165, 1.54) is 18.0 Å². The highest BCUT2D eigenvalue weighted by atomic mass is 32.2. The van der Waals surface area contributed by atoms with E-state index in [4.69, 9.17) is 0 Å². The van der Waals surface area contributed by atoms with Crippen molar-refractivity contribution in [2.75, 3.05) is 17.3 Å². The lowest BCUT2D eigenvalue weighted by Gasteiger charge is -2.18. The molecule has 1 aromatic heterocycles. The lowest BCUT2D eigenvalue weighted by Crippen LogP contribution is -2.41. The first-order valence-corrected chi connectivity index (χ1v) is 11.7. The molecule has 0 radical (unpaired) electrons. The van der Waals surface area contributed by atoms with Gasteiger partial charge in [-0.15, -0.1) is 0 Å². The molecule has 0 fully saturated rings. The molecule has 0 spiro atoms. The van der Waals surface area contributed by atoms with Gasteiger partial charge in [-0.25, -0.2) is 4.79 Å². The van der Waals surface area contributed by atoms with Gasteiger partial charge in [-0.05, 0) is 72.4 Å². The summed E-state index contributed by atoms with van der Waals surface area (Å²) in [5.41, 5.74) is 3.61. The third-order valence-electron chi connectivity index (χ3n) is 5.10. The number of anilines is 1. The second-order valence-electron chi connectivity index (χ2n) is 7.42. The minimum atomic E-state index is -1.07. The van der Waals surface area contributed by atoms with Crippen molar-refractivity contribution in [3.63, 3.8) is 0 Å². The van der Waals surface area contributed by atoms with Gasteiger partial charge in [-0.3, -0.25) is 14.6 Å². The molecule has 1 atom stereocenters. The molecule has 3 N–H and O–H groups in total. The molecule has 1 unspecified atom stereocenters. The van der Waals surface area contributed by atoms with Crippen molar-refractivity contribution in [2.24, 2.45) is 0 Å². The van der Waals surface area contributed by atoms with Gasteiger partial charge in [0.05, 0.1) is 5.56 Å². The normalized spacial score (nSPS) is 11.5. The summed E-state index contributed by atoms with van der Waals surface area (Å²) in [5.74, 6) is -1.26. The van der Waals surface area contributed by atoms with Gasteiger partial charge in [-0.1, -0.05) is 24.3 Å². The van der Waals surface area contributed by atoms with Crippen LogP contribution in [0.4, 0.5) is 5.69 Å². The Labute approximate surface area is 196 Å². The predicted molar refractivity (Wildman–Crippen MR) is 131 cm³/mol. The zero-order valence-corrected chi connectivity index (χ0v) is 19.2. The van der Waals surface area contributed by atoms with Gasteiger partial charge in [0.2, 0.25) is 0 Å². The van der Waals surface area contributed by atoms with E-state index in [-0.39, 0.29) is 5.91 Å². The highest BCUT2D eigenvalue weighted by Crippen LogP contribution is 2.30. The zero-order valence-electron chi connectivity index (χ0n) is 18.4. The van der Waals surface area contributed by atoms with Crippen LogP contribution >= 0.6 is 11.8 Å². The van der Waals surface area contributed by atoms with Crippen molar-refractivity contribution < 1.29 is 19.5 Å². The summed E-state index contributed by atoms with van der Waals surface area (Å²) >= 11 is 1.52. The Balaban J connectivity index is 1.96. The van der Waals surface area contributed by atoms with Crippen LogP contribution in [0.2, 0.25) is 0 Å². The maximum atomic E-state index is 13.1. The molecule has 3 aromatic rings. The summed E-state index contributed by atoms with van der Waals surface area (Å²) in [7, 11) is 0. The maximum absolute atomic E-state index is 13.1. The third-order valence-corrected chi connectivity index (χ3v) is 5.74. The lowest BCUT2D eigenvalue weighted by atomic mass is 9.94. The average molecular weight is 464 g/mol. The third kappa shape index (κ3) is 6.20. The number of aliphatic carboxylic acids is 1. The number of nitrogens with one attached hydrogen (secondary N) is 2. The van der Waals surface area contributed by atoms with E-state index < -0.39 is 17.9 Å². The summed E-state index contributed by atoms with van der Waals surface area (Å²) in [4.78, 5) is 41.3. The van der Waals surface area contributed by atoms with Crippen LogP contribution in [0.25, 0.3) is 11.1 Å². The van der Waals surface area contributed by atoms with Crippen molar-refractivity contribution in [1.82, 2.24) is 10.3 Å². The molecule has 3 rings (SSSR count). The van der Waals surface area contributed by atoms with Crippen LogP contribution < -0.4 is 10.6 Å². The quantitative estimate of drug-likeness (QED) is 0.438. The fraction of sp³-hybridized carbons (Fsp3) is 0.200. The predicted octanol–water partition coefficient (Wildman–Crippen LogP) is 4.25. The van der Waals surface area contributed by atoms with Gasteiger partial charge in [0.1, 0.15) is 6.04 Å². The number of carboxylic acids is 1. The SMILES string of the molecule is CSCCC(NC(=O)c1ccc(NC(=O)c2cccnc2)cc1-c1ccccc1C)C(=O)O. The molecular weight excluding hydrogens is 438 g/mol. The zero-order chi connectivity index (χ0) is 23.8. The van der Waals surface area contributed by atoms with E-state index in [2.05, 4.69) is 15.6 Å². The molecule has 170 valence electrons. The van der Waals surface area contributed by atoms with E-state index in [1.54, 1.807) is 36.5 Å². The number of rotatable bonds is 9. The van der Waals surface area contributed by atoms with Crippen LogP contribution in [-0.4, -0.2) is 45.9 Å². The molecule has 0 saturated carbocycles. The Morgan fingerprint density at radius 3 is 2.48 bits per heavy atom. The van der Waals surface area contributed by atoms with E-state index in [1.807, 2.05) is 37.4 Å². The highest BCUT2D eigenvalue weighted by Gasteiger charge is 2.23. The Bertz CT molecular complexity index is 1150. The van der Waals surface area contributed by atoms with Crippen LogP contribution in [0.1, 0.15) is 32.7 Å². The molecule has 0 bridgehead atoms. The lowest BCUT2D eigenvalue weighted by molar-refractivity contribution is -0.139. The summed E-state index contributed by atoms with van der Waals surface area (Å²) in [6, 6.07) is 14.9. The van der Waals surface area contributed by atoms with E-state index in [0.29, 0.717) is 34.6 Å². The number of amides is 2. The highest BCUT2D eigenvalue weighted by molar-refractivity contribution is 7.98. The van der Waals surface area contributed by atoms with Gasteiger partial charge in [0.25, 0.3) is 11.8 Å². The first-order valence-electron chi connectivity index (χ1n) is 10.3. The molecule has 8 heteroatoms. The molecule has 0 aliphatic carbocycles. The summed E-state index contributed by atoms with van der Waals surface area (Å²) < 4.78 is 0. The Hall–Kier alpha value is -3.65. The second-order valence-corrected chi connectivity index (χ2v) is 8.40. The average Bonchev–Trinajstić information content (AvgIpc) is 2.82. The van der Waals surface area contributed by atoms with Crippen LogP contribution in [0, 0.1) is 6.92 Å². The number of thioether (sulfide) groups is 1. The van der Waals surface area contributed by atoms with Crippen molar-refractivity contribution in [2.45, 2.75) is 19.4 Å². The number of aryl methyl sites for hydroxylation is 1. The van der Waals surface area contributed by atoms with Crippen LogP contribution in [0.3, 0.4) is 0 Å². The van der Waals surface area contributed by atoms with Crippen molar-refractivity contribution in [3.8, 4) is 11.1 Å². The van der Waals surface area contributed by atoms with Gasteiger partial charge in [0.15, 0.2) is 0 Å². The molecule has 2 amide bonds. The largest absolute Gasteiger partial charge is 0.480 e. The molecule has 0 aliphatic rings. The molecular formula is C25H25N3O4S. The van der Waals surface area contributed by atoms with Gasteiger partial charge < -0.3 is 15.7 Å². The fourth-order valence-corrected chi connectivity index (χ4v) is 3.82. The first kappa shape index (κ1) is 24.0. The second kappa shape index (κ2) is 11.3. The number of hydrogen-bond acceptors (Lipinski definition) is 5. The van der Waals surface area contributed by atoms with E-state index >= 15 is 0 Å². The smallest absolute Gasteiger partial charge is 0.326 e. The van der Waals surface area contributed by atoms with Gasteiger partial charge in [-0.2, -0.15) is 11.8 Å². The molecule has 7 nitrogen and oxygen atoms in total. The van der Waals surface area contributed by atoms with Crippen molar-refractivity contribution >= 4 is 35.2 Å². The standard InChI is InChI=1S/C25H25N3O4S/c1-16-6-3-4-8-19(16)21-14-18(27-23(29)17-7-5-12-26-15-17)9-10-20(21)24(30)28-22(25(31)32)11-13-33-2/h3-10,12,14-15,22H,11,13H2,1-2H3,(H,27,29)(H,28,30)(H,31,32). The topological polar surface area (TPSA) is 108 Å². The number of carboxylic acid groups (broad SMARTS) is 1.